The summed E-state index contributed by atoms with van der Waals surface area (Å²) in [5.74, 6) is 0.0577. The molecule has 0 amide bonds. The third-order valence-corrected chi connectivity index (χ3v) is 1.87. The number of nitrogen functional groups attached to an aromatic ring is 1. The second-order valence-electron chi connectivity index (χ2n) is 2.83. The van der Waals surface area contributed by atoms with Crippen LogP contribution in [0.3, 0.4) is 0 Å². The van der Waals surface area contributed by atoms with E-state index in [1.807, 2.05) is 0 Å². The van der Waals surface area contributed by atoms with Crippen LogP contribution < -0.4 is 5.73 Å². The molecule has 2 rings (SSSR count). The van der Waals surface area contributed by atoms with Crippen LogP contribution in [0.25, 0.3) is 11.1 Å². The smallest absolute Gasteiger partial charge is 0.149 e. The maximum Gasteiger partial charge on any atom is 0.149 e. The number of halogens is 1. The lowest BCUT2D eigenvalue weighted by atomic mass is 10.1. The lowest BCUT2D eigenvalue weighted by Gasteiger charge is -2.01. The van der Waals surface area contributed by atoms with Gasteiger partial charge in [-0.05, 0) is 18.2 Å². The SMILES string of the molecule is Nc1ccc(-c2ccncc2F)cn1. The molecule has 0 bridgehead atoms. The van der Waals surface area contributed by atoms with E-state index >= 15 is 0 Å². The molecule has 0 aliphatic heterocycles. The van der Waals surface area contributed by atoms with Crippen molar-refractivity contribution in [1.29, 1.82) is 0 Å². The maximum absolute atomic E-state index is 13.3. The van der Waals surface area contributed by atoms with Gasteiger partial charge in [0.05, 0.1) is 6.20 Å². The van der Waals surface area contributed by atoms with E-state index in [1.165, 1.54) is 18.6 Å². The molecule has 4 heteroatoms. The lowest BCUT2D eigenvalue weighted by molar-refractivity contribution is 0.625. The quantitative estimate of drug-likeness (QED) is 0.744. The molecular formula is C10H8FN3. The normalized spacial score (nSPS) is 10.1. The van der Waals surface area contributed by atoms with Crippen LogP contribution in [0.4, 0.5) is 10.2 Å². The summed E-state index contributed by atoms with van der Waals surface area (Å²) in [7, 11) is 0. The third-order valence-electron chi connectivity index (χ3n) is 1.87. The predicted octanol–water partition coefficient (Wildman–Crippen LogP) is 1.86. The number of anilines is 1. The summed E-state index contributed by atoms with van der Waals surface area (Å²) < 4.78 is 13.3. The Morgan fingerprint density at radius 3 is 2.64 bits per heavy atom. The van der Waals surface area contributed by atoms with Crippen LogP contribution in [0.2, 0.25) is 0 Å². The number of pyridine rings is 2. The molecule has 0 atom stereocenters. The first kappa shape index (κ1) is 8.62. The molecule has 0 unspecified atom stereocenters. The van der Waals surface area contributed by atoms with Crippen molar-refractivity contribution in [2.75, 3.05) is 5.73 Å². The van der Waals surface area contributed by atoms with Gasteiger partial charge in [0.1, 0.15) is 11.6 Å². The topological polar surface area (TPSA) is 51.8 Å². The van der Waals surface area contributed by atoms with Gasteiger partial charge in [-0.1, -0.05) is 0 Å². The van der Waals surface area contributed by atoms with Gasteiger partial charge in [0, 0.05) is 23.5 Å². The summed E-state index contributed by atoms with van der Waals surface area (Å²) in [6.07, 6.45) is 4.24. The van der Waals surface area contributed by atoms with Gasteiger partial charge >= 0.3 is 0 Å². The molecule has 0 aliphatic carbocycles. The van der Waals surface area contributed by atoms with Crippen molar-refractivity contribution in [3.8, 4) is 11.1 Å². The molecule has 0 aromatic carbocycles. The molecule has 0 saturated heterocycles. The van der Waals surface area contributed by atoms with Crippen LogP contribution in [0.15, 0.2) is 36.8 Å². The highest BCUT2D eigenvalue weighted by molar-refractivity contribution is 5.63. The number of hydrogen-bond acceptors (Lipinski definition) is 3. The van der Waals surface area contributed by atoms with Crippen LogP contribution in [-0.2, 0) is 0 Å². The Morgan fingerprint density at radius 2 is 2.00 bits per heavy atom. The Morgan fingerprint density at radius 1 is 1.14 bits per heavy atom. The minimum absolute atomic E-state index is 0.362. The maximum atomic E-state index is 13.3. The lowest BCUT2D eigenvalue weighted by Crippen LogP contribution is -1.90. The molecule has 0 saturated carbocycles. The average molecular weight is 189 g/mol. The summed E-state index contributed by atoms with van der Waals surface area (Å²) in [5.41, 5.74) is 6.60. The molecule has 2 aromatic rings. The number of nitrogens with two attached hydrogens (primary N) is 1. The minimum atomic E-state index is -0.362. The van der Waals surface area contributed by atoms with E-state index in [-0.39, 0.29) is 5.82 Å². The molecule has 14 heavy (non-hydrogen) atoms. The first-order valence-electron chi connectivity index (χ1n) is 4.09. The Bertz CT molecular complexity index is 439. The number of nitrogens with zero attached hydrogens (tertiary/aromatic N) is 2. The fourth-order valence-corrected chi connectivity index (χ4v) is 1.17. The van der Waals surface area contributed by atoms with Gasteiger partial charge in [-0.2, -0.15) is 0 Å². The highest BCUT2D eigenvalue weighted by Crippen LogP contribution is 2.20. The zero-order valence-corrected chi connectivity index (χ0v) is 7.31. The van der Waals surface area contributed by atoms with Gasteiger partial charge in [-0.15, -0.1) is 0 Å². The van der Waals surface area contributed by atoms with Crippen molar-refractivity contribution < 1.29 is 4.39 Å². The van der Waals surface area contributed by atoms with E-state index in [2.05, 4.69) is 9.97 Å². The van der Waals surface area contributed by atoms with E-state index in [9.17, 15) is 4.39 Å². The summed E-state index contributed by atoms with van der Waals surface area (Å²) in [4.78, 5) is 7.56. The second-order valence-corrected chi connectivity index (χ2v) is 2.83. The third kappa shape index (κ3) is 1.54. The minimum Gasteiger partial charge on any atom is -0.384 e. The van der Waals surface area contributed by atoms with E-state index in [1.54, 1.807) is 18.2 Å². The number of hydrogen-bond donors (Lipinski definition) is 1. The average Bonchev–Trinajstić information content (AvgIpc) is 2.20. The van der Waals surface area contributed by atoms with Crippen molar-refractivity contribution in [2.24, 2.45) is 0 Å². The second kappa shape index (κ2) is 3.41. The van der Waals surface area contributed by atoms with Crippen LogP contribution in [0, 0.1) is 5.82 Å². The number of rotatable bonds is 1. The van der Waals surface area contributed by atoms with E-state index in [0.717, 1.165) is 0 Å². The predicted molar refractivity (Wildman–Crippen MR) is 51.8 cm³/mol. The van der Waals surface area contributed by atoms with E-state index in [4.69, 9.17) is 5.73 Å². The van der Waals surface area contributed by atoms with Crippen molar-refractivity contribution in [2.45, 2.75) is 0 Å². The van der Waals surface area contributed by atoms with Gasteiger partial charge in [-0.3, -0.25) is 4.98 Å². The van der Waals surface area contributed by atoms with Crippen LogP contribution in [0.5, 0.6) is 0 Å². The molecule has 0 spiro atoms. The van der Waals surface area contributed by atoms with E-state index < -0.39 is 0 Å². The van der Waals surface area contributed by atoms with Gasteiger partial charge in [-0.25, -0.2) is 9.37 Å². The van der Waals surface area contributed by atoms with Crippen LogP contribution >= 0.6 is 0 Å². The molecule has 0 fully saturated rings. The molecule has 3 nitrogen and oxygen atoms in total. The zero-order valence-electron chi connectivity index (χ0n) is 7.31. The van der Waals surface area contributed by atoms with Crippen molar-refractivity contribution in [1.82, 2.24) is 9.97 Å². The molecule has 2 N–H and O–H groups in total. The molecule has 0 radical (unpaired) electrons. The van der Waals surface area contributed by atoms with Crippen molar-refractivity contribution in [3.05, 3.63) is 42.6 Å². The summed E-state index contributed by atoms with van der Waals surface area (Å²) in [5, 5.41) is 0. The summed E-state index contributed by atoms with van der Waals surface area (Å²) in [6.45, 7) is 0. The Balaban J connectivity index is 2.50. The summed E-state index contributed by atoms with van der Waals surface area (Å²) in [6, 6.07) is 4.96. The zero-order chi connectivity index (χ0) is 9.97. The first-order valence-corrected chi connectivity index (χ1v) is 4.09. The molecule has 2 heterocycles. The molecular weight excluding hydrogens is 181 g/mol. The highest BCUT2D eigenvalue weighted by Gasteiger charge is 2.03. The van der Waals surface area contributed by atoms with E-state index in [0.29, 0.717) is 16.9 Å². The standard InChI is InChI=1S/C10H8FN3/c11-9-6-13-4-3-8(9)7-1-2-10(12)14-5-7/h1-6H,(H2,12,14). The Hall–Kier alpha value is -1.97. The van der Waals surface area contributed by atoms with Crippen LogP contribution in [-0.4, -0.2) is 9.97 Å². The largest absolute Gasteiger partial charge is 0.384 e. The Labute approximate surface area is 80.4 Å². The Kier molecular flexibility index (Phi) is 2.10. The highest BCUT2D eigenvalue weighted by atomic mass is 19.1. The first-order chi connectivity index (χ1) is 6.77. The monoisotopic (exact) mass is 189 g/mol. The fourth-order valence-electron chi connectivity index (χ4n) is 1.17. The van der Waals surface area contributed by atoms with Gasteiger partial charge < -0.3 is 5.73 Å². The molecule has 0 aliphatic rings. The summed E-state index contributed by atoms with van der Waals surface area (Å²) >= 11 is 0. The fraction of sp³-hybridized carbons (Fsp3) is 0. The van der Waals surface area contributed by atoms with Crippen molar-refractivity contribution >= 4 is 5.82 Å². The molecule has 2 aromatic heterocycles. The number of aromatic nitrogens is 2. The molecule has 70 valence electrons. The van der Waals surface area contributed by atoms with Crippen molar-refractivity contribution in [3.63, 3.8) is 0 Å². The van der Waals surface area contributed by atoms with Gasteiger partial charge in [0.15, 0.2) is 0 Å². The van der Waals surface area contributed by atoms with Gasteiger partial charge in [0.2, 0.25) is 0 Å². The van der Waals surface area contributed by atoms with Gasteiger partial charge in [0.25, 0.3) is 0 Å². The van der Waals surface area contributed by atoms with Crippen LogP contribution in [0.1, 0.15) is 0 Å².